The molecule has 2 aliphatic rings. The second-order valence-corrected chi connectivity index (χ2v) is 9.12. The summed E-state index contributed by atoms with van der Waals surface area (Å²) in [6.07, 6.45) is 4.82. The standard InChI is InChI=1S/C24H22ClF2N3O4S/c1-3-34-24(32)16-19(12-4-6-13(7-5-12)23(31)33-2)29-21(22-28-10-11-35-22)30-20(16)14-8-9-15(26)18(27)17(14)25/h6,8-12,20H,3-5,7H2,1-2H3,(H,29,30)/t12-,20?/m0/s1. The first-order chi connectivity index (χ1) is 16.8. The molecule has 1 aromatic carbocycles. The molecule has 184 valence electrons. The molecule has 0 radical (unpaired) electrons. The van der Waals surface area contributed by atoms with Gasteiger partial charge < -0.3 is 14.8 Å². The van der Waals surface area contributed by atoms with Crippen molar-refractivity contribution in [2.75, 3.05) is 13.7 Å². The van der Waals surface area contributed by atoms with Crippen LogP contribution >= 0.6 is 22.9 Å². The highest BCUT2D eigenvalue weighted by Gasteiger charge is 2.38. The monoisotopic (exact) mass is 521 g/mol. The quantitative estimate of drug-likeness (QED) is 0.430. The summed E-state index contributed by atoms with van der Waals surface area (Å²) in [7, 11) is 1.33. The fraction of sp³-hybridized carbons (Fsp3) is 0.333. The second kappa shape index (κ2) is 10.7. The third-order valence-electron chi connectivity index (χ3n) is 5.83. The fourth-order valence-electron chi connectivity index (χ4n) is 4.16. The molecule has 2 atom stereocenters. The summed E-state index contributed by atoms with van der Waals surface area (Å²) in [5.74, 6) is -3.20. The van der Waals surface area contributed by atoms with E-state index in [9.17, 15) is 18.4 Å². The maximum Gasteiger partial charge on any atom is 0.338 e. The van der Waals surface area contributed by atoms with Crippen LogP contribution < -0.4 is 5.32 Å². The number of hydrogen-bond donors (Lipinski definition) is 1. The predicted molar refractivity (Wildman–Crippen MR) is 127 cm³/mol. The van der Waals surface area contributed by atoms with Gasteiger partial charge in [-0.2, -0.15) is 0 Å². The highest BCUT2D eigenvalue weighted by molar-refractivity contribution is 7.11. The Kier molecular flexibility index (Phi) is 7.61. The summed E-state index contributed by atoms with van der Waals surface area (Å²) in [4.78, 5) is 34.1. The summed E-state index contributed by atoms with van der Waals surface area (Å²) >= 11 is 7.53. The number of methoxy groups -OCH3 is 1. The number of allylic oxidation sites excluding steroid dienone is 2. The van der Waals surface area contributed by atoms with Crippen molar-refractivity contribution < 1.29 is 27.8 Å². The van der Waals surface area contributed by atoms with Gasteiger partial charge in [-0.1, -0.05) is 23.7 Å². The lowest BCUT2D eigenvalue weighted by atomic mass is 9.82. The van der Waals surface area contributed by atoms with E-state index in [1.54, 1.807) is 24.6 Å². The van der Waals surface area contributed by atoms with Gasteiger partial charge in [0.15, 0.2) is 22.5 Å². The number of ether oxygens (including phenoxy) is 2. The highest BCUT2D eigenvalue weighted by atomic mass is 35.5. The van der Waals surface area contributed by atoms with Crippen molar-refractivity contribution in [1.82, 2.24) is 10.3 Å². The molecule has 1 aromatic heterocycles. The van der Waals surface area contributed by atoms with Gasteiger partial charge in [0, 0.05) is 34.3 Å². The number of esters is 2. The normalized spacial score (nSPS) is 20.0. The van der Waals surface area contributed by atoms with E-state index in [1.165, 1.54) is 24.5 Å². The number of benzene rings is 1. The average molecular weight is 522 g/mol. The number of thiazole rings is 1. The van der Waals surface area contributed by atoms with Gasteiger partial charge in [-0.05, 0) is 32.3 Å². The first-order valence-electron chi connectivity index (χ1n) is 10.9. The highest BCUT2D eigenvalue weighted by Crippen LogP contribution is 2.41. The molecule has 11 heteroatoms. The number of amidine groups is 1. The number of nitrogens with one attached hydrogen (secondary N) is 1. The summed E-state index contributed by atoms with van der Waals surface area (Å²) in [6.45, 7) is 1.78. The molecule has 0 saturated carbocycles. The van der Waals surface area contributed by atoms with E-state index in [-0.39, 0.29) is 23.7 Å². The van der Waals surface area contributed by atoms with Crippen LogP contribution in [0.1, 0.15) is 42.8 Å². The fourth-order valence-corrected chi connectivity index (χ4v) is 5.00. The van der Waals surface area contributed by atoms with Crippen molar-refractivity contribution in [1.29, 1.82) is 0 Å². The minimum atomic E-state index is -1.22. The van der Waals surface area contributed by atoms with Crippen molar-refractivity contribution in [3.63, 3.8) is 0 Å². The molecule has 0 spiro atoms. The lowest BCUT2D eigenvalue weighted by Gasteiger charge is -2.32. The zero-order chi connectivity index (χ0) is 25.1. The summed E-state index contributed by atoms with van der Waals surface area (Å²) in [5.41, 5.74) is 1.37. The van der Waals surface area contributed by atoms with Crippen LogP contribution in [0.4, 0.5) is 8.78 Å². The Morgan fingerprint density at radius 3 is 2.71 bits per heavy atom. The predicted octanol–water partition coefficient (Wildman–Crippen LogP) is 4.88. The van der Waals surface area contributed by atoms with Crippen LogP contribution in [0.25, 0.3) is 0 Å². The number of nitrogens with zero attached hydrogens (tertiary/aromatic N) is 2. The van der Waals surface area contributed by atoms with Gasteiger partial charge in [0.05, 0.1) is 24.3 Å². The third-order valence-corrected chi connectivity index (χ3v) is 7.00. The first kappa shape index (κ1) is 25.0. The van der Waals surface area contributed by atoms with Crippen molar-refractivity contribution >= 4 is 40.7 Å². The average Bonchev–Trinajstić information content (AvgIpc) is 3.41. The maximum atomic E-state index is 14.4. The Morgan fingerprint density at radius 2 is 2.09 bits per heavy atom. The summed E-state index contributed by atoms with van der Waals surface area (Å²) in [5, 5.41) is 5.10. The molecule has 2 aromatic rings. The minimum absolute atomic E-state index is 0.105. The van der Waals surface area contributed by atoms with Crippen LogP contribution in [0.2, 0.25) is 5.02 Å². The second-order valence-electron chi connectivity index (χ2n) is 7.85. The number of aliphatic imine (C=N–C) groups is 1. The Hall–Kier alpha value is -3.11. The Bertz CT molecular complexity index is 1240. The van der Waals surface area contributed by atoms with Crippen LogP contribution in [0.5, 0.6) is 0 Å². The maximum absolute atomic E-state index is 14.4. The molecule has 35 heavy (non-hydrogen) atoms. The number of carbonyl (C=O) groups is 2. The van der Waals surface area contributed by atoms with Crippen LogP contribution in [0, 0.1) is 17.6 Å². The smallest absolute Gasteiger partial charge is 0.338 e. The van der Waals surface area contributed by atoms with Gasteiger partial charge in [-0.25, -0.2) is 23.4 Å². The minimum Gasteiger partial charge on any atom is -0.466 e. The van der Waals surface area contributed by atoms with Gasteiger partial charge in [-0.15, -0.1) is 11.3 Å². The first-order valence-corrected chi connectivity index (χ1v) is 12.2. The van der Waals surface area contributed by atoms with Crippen molar-refractivity contribution in [2.24, 2.45) is 10.9 Å². The van der Waals surface area contributed by atoms with Gasteiger partial charge in [0.25, 0.3) is 0 Å². The molecule has 7 nitrogen and oxygen atoms in total. The number of aromatic nitrogens is 1. The van der Waals surface area contributed by atoms with Crippen molar-refractivity contribution in [3.8, 4) is 0 Å². The SMILES string of the molecule is CCOC(=O)C1=C([C@H]2CC=C(C(=O)OC)CC2)NC(c2nccs2)=NC1c1ccc(F)c(F)c1Cl. The van der Waals surface area contributed by atoms with Crippen molar-refractivity contribution in [2.45, 2.75) is 32.2 Å². The molecule has 4 rings (SSSR count). The van der Waals surface area contributed by atoms with Crippen LogP contribution in [0.3, 0.4) is 0 Å². The molecule has 1 N–H and O–H groups in total. The topological polar surface area (TPSA) is 89.9 Å². The van der Waals surface area contributed by atoms with Gasteiger partial charge >= 0.3 is 11.9 Å². The zero-order valence-corrected chi connectivity index (χ0v) is 20.5. The van der Waals surface area contributed by atoms with E-state index in [4.69, 9.17) is 21.1 Å². The Morgan fingerprint density at radius 1 is 1.29 bits per heavy atom. The van der Waals surface area contributed by atoms with E-state index < -0.39 is 34.6 Å². The molecule has 1 unspecified atom stereocenters. The molecule has 0 amide bonds. The molecule has 0 bridgehead atoms. The zero-order valence-electron chi connectivity index (χ0n) is 18.9. The van der Waals surface area contributed by atoms with E-state index in [0.29, 0.717) is 41.4 Å². The Labute approximate surface area is 209 Å². The van der Waals surface area contributed by atoms with Crippen LogP contribution in [-0.2, 0) is 19.1 Å². The van der Waals surface area contributed by atoms with E-state index >= 15 is 0 Å². The third kappa shape index (κ3) is 4.99. The van der Waals surface area contributed by atoms with Crippen LogP contribution in [-0.4, -0.2) is 36.5 Å². The molecule has 0 fully saturated rings. The lowest BCUT2D eigenvalue weighted by molar-refractivity contribution is -0.139. The van der Waals surface area contributed by atoms with Gasteiger partial charge in [-0.3, -0.25) is 4.99 Å². The Balaban J connectivity index is 1.86. The molecular weight excluding hydrogens is 500 g/mol. The number of hydrogen-bond acceptors (Lipinski definition) is 8. The molecule has 0 saturated heterocycles. The summed E-state index contributed by atoms with van der Waals surface area (Å²) < 4.78 is 38.4. The van der Waals surface area contributed by atoms with E-state index in [1.807, 2.05) is 0 Å². The van der Waals surface area contributed by atoms with E-state index in [2.05, 4.69) is 15.3 Å². The van der Waals surface area contributed by atoms with Gasteiger partial charge in [0.1, 0.15) is 6.04 Å². The number of halogens is 3. The number of rotatable bonds is 6. The lowest BCUT2D eigenvalue weighted by Crippen LogP contribution is -2.37. The van der Waals surface area contributed by atoms with E-state index in [0.717, 1.165) is 6.07 Å². The number of carbonyl (C=O) groups excluding carboxylic acids is 2. The van der Waals surface area contributed by atoms with Gasteiger partial charge in [0.2, 0.25) is 0 Å². The molecule has 1 aliphatic heterocycles. The molecule has 2 heterocycles. The largest absolute Gasteiger partial charge is 0.466 e. The van der Waals surface area contributed by atoms with Crippen LogP contribution in [0.15, 0.2) is 51.6 Å². The molecule has 1 aliphatic carbocycles. The van der Waals surface area contributed by atoms with Crippen molar-refractivity contribution in [3.05, 3.63) is 73.9 Å². The molecular formula is C24H22ClF2N3O4S. The summed E-state index contributed by atoms with van der Waals surface area (Å²) in [6, 6.07) is 1.20.